The van der Waals surface area contributed by atoms with Gasteiger partial charge in [-0.3, -0.25) is 0 Å². The third-order valence-corrected chi connectivity index (χ3v) is 10.3. The number of hydrogen-bond donors (Lipinski definition) is 0. The highest BCUT2D eigenvalue weighted by molar-refractivity contribution is 5.94. The largest absolute Gasteiger partial charge is 0.494 e. The molecule has 0 atom stereocenters. The maximum absolute atomic E-state index is 5.59. The lowest BCUT2D eigenvalue weighted by Gasteiger charge is -2.12. The molecule has 1 saturated carbocycles. The van der Waals surface area contributed by atoms with Crippen molar-refractivity contribution in [3.05, 3.63) is 94.1 Å². The highest BCUT2D eigenvalue weighted by Crippen LogP contribution is 2.40. The van der Waals surface area contributed by atoms with E-state index in [1.165, 1.54) is 75.7 Å². The van der Waals surface area contributed by atoms with Gasteiger partial charge in [-0.05, 0) is 129 Å². The van der Waals surface area contributed by atoms with E-state index in [0.29, 0.717) is 25.0 Å². The number of hydrogen-bond acceptors (Lipinski definition) is 6. The monoisotopic (exact) mass is 716 g/mol. The topological polar surface area (TPSA) is 79.9 Å². The minimum Gasteiger partial charge on any atom is -0.494 e. The highest BCUT2D eigenvalue weighted by Gasteiger charge is 2.26. The second-order valence-corrected chi connectivity index (χ2v) is 14.3. The zero-order valence-corrected chi connectivity index (χ0v) is 34.2. The minimum atomic E-state index is 0.550. The molecule has 0 radical (unpaired) electrons. The Kier molecular flexibility index (Phi) is 13.0. The summed E-state index contributed by atoms with van der Waals surface area (Å²) in [4.78, 5) is 0. The summed E-state index contributed by atoms with van der Waals surface area (Å²) in [5, 5.41) is 23.2. The molecule has 0 saturated heterocycles. The smallest absolute Gasteiger partial charge is 0.119 e. The van der Waals surface area contributed by atoms with Crippen LogP contribution in [-0.2, 0) is 6.42 Å². The summed E-state index contributed by atoms with van der Waals surface area (Å²) in [7, 11) is 0. The van der Waals surface area contributed by atoms with Crippen molar-refractivity contribution in [2.45, 2.75) is 121 Å². The fourth-order valence-electron chi connectivity index (χ4n) is 8.20. The standard InChI is InChI=1S/C22H27N3O.C21H27N3O.C2H6/c1-5-26-19-12-10-18(11-13-19)25-15(3)20-14(2)23-24-22(21(20)16(25)4)17-8-6-7-9-17;1-7-25-18-10-8-17(9-11-18)24-15(5)20-14(4)22-23-19(12-13(2)3)21(20)16(24)6;1-2/h10-13,17H,5-9H2,1-4H3;8-11,13H,7,12H2,1-6H3;1-2H3. The van der Waals surface area contributed by atoms with Crippen LogP contribution >= 0.6 is 0 Å². The summed E-state index contributed by atoms with van der Waals surface area (Å²) in [6.07, 6.45) is 6.02. The first kappa shape index (κ1) is 39.5. The van der Waals surface area contributed by atoms with E-state index in [9.17, 15) is 0 Å². The molecule has 7 rings (SSSR count). The molecule has 0 bridgehead atoms. The van der Waals surface area contributed by atoms with Gasteiger partial charge in [0.1, 0.15) is 11.5 Å². The third kappa shape index (κ3) is 7.97. The number of ether oxygens (including phenoxy) is 2. The van der Waals surface area contributed by atoms with Crippen LogP contribution in [0.25, 0.3) is 32.9 Å². The van der Waals surface area contributed by atoms with Gasteiger partial charge in [-0.2, -0.15) is 20.4 Å². The molecule has 4 aromatic heterocycles. The number of benzene rings is 2. The third-order valence-electron chi connectivity index (χ3n) is 10.3. The van der Waals surface area contributed by atoms with E-state index in [4.69, 9.17) is 9.47 Å². The number of aryl methyl sites for hydroxylation is 6. The number of fused-ring (bicyclic) bond motifs is 2. The van der Waals surface area contributed by atoms with Gasteiger partial charge < -0.3 is 18.6 Å². The summed E-state index contributed by atoms with van der Waals surface area (Å²) < 4.78 is 15.8. The maximum atomic E-state index is 5.59. The first-order valence-electron chi connectivity index (χ1n) is 19.7. The van der Waals surface area contributed by atoms with Crippen molar-refractivity contribution in [1.82, 2.24) is 29.5 Å². The van der Waals surface area contributed by atoms with Crippen molar-refractivity contribution in [2.24, 2.45) is 5.92 Å². The number of aromatic nitrogens is 6. The molecule has 1 fully saturated rings. The van der Waals surface area contributed by atoms with Crippen molar-refractivity contribution < 1.29 is 9.47 Å². The van der Waals surface area contributed by atoms with Gasteiger partial charge in [-0.1, -0.05) is 40.5 Å². The Bertz CT molecular complexity index is 2140. The van der Waals surface area contributed by atoms with Crippen LogP contribution in [0.1, 0.15) is 119 Å². The molecule has 0 N–H and O–H groups in total. The van der Waals surface area contributed by atoms with Gasteiger partial charge >= 0.3 is 0 Å². The summed E-state index contributed by atoms with van der Waals surface area (Å²) in [6, 6.07) is 16.6. The van der Waals surface area contributed by atoms with Gasteiger partial charge in [-0.25, -0.2) is 0 Å². The Balaban J connectivity index is 0.000000196. The maximum Gasteiger partial charge on any atom is 0.119 e. The zero-order valence-electron chi connectivity index (χ0n) is 34.2. The van der Waals surface area contributed by atoms with E-state index in [2.05, 4.69) is 102 Å². The predicted molar refractivity (Wildman–Crippen MR) is 220 cm³/mol. The van der Waals surface area contributed by atoms with E-state index in [-0.39, 0.29) is 0 Å². The van der Waals surface area contributed by atoms with E-state index in [1.807, 2.05) is 58.9 Å². The van der Waals surface area contributed by atoms with Crippen LogP contribution in [0, 0.1) is 47.5 Å². The SMILES string of the molecule is CC.CCOc1ccc(-n2c(C)c3c(C)nnc(C4CCCC4)c3c2C)cc1.CCOc1ccc(-n2c(C)c3c(C)nnc(CC(C)C)c3c2C)cc1. The van der Waals surface area contributed by atoms with Gasteiger partial charge in [-0.15, -0.1) is 0 Å². The molecule has 0 aliphatic heterocycles. The Morgan fingerprint density at radius 2 is 1.00 bits per heavy atom. The van der Waals surface area contributed by atoms with E-state index in [0.717, 1.165) is 46.4 Å². The fourth-order valence-corrected chi connectivity index (χ4v) is 8.20. The first-order valence-corrected chi connectivity index (χ1v) is 19.7. The van der Waals surface area contributed by atoms with E-state index < -0.39 is 0 Å². The summed E-state index contributed by atoms with van der Waals surface area (Å²) in [6.45, 7) is 26.7. The van der Waals surface area contributed by atoms with Crippen molar-refractivity contribution in [2.75, 3.05) is 13.2 Å². The fraction of sp³-hybridized carbons (Fsp3) is 0.467. The van der Waals surface area contributed by atoms with Crippen molar-refractivity contribution in [3.8, 4) is 22.9 Å². The average Bonchev–Trinajstić information content (AvgIpc) is 3.85. The summed E-state index contributed by atoms with van der Waals surface area (Å²) in [5.41, 5.74) is 11.6. The van der Waals surface area contributed by atoms with E-state index in [1.54, 1.807) is 0 Å². The lowest BCUT2D eigenvalue weighted by molar-refractivity contribution is 0.340. The molecule has 1 aliphatic rings. The molecule has 0 spiro atoms. The molecule has 282 valence electrons. The van der Waals surface area contributed by atoms with Crippen LogP contribution in [0.4, 0.5) is 0 Å². The second-order valence-electron chi connectivity index (χ2n) is 14.3. The molecular weight excluding hydrogens is 657 g/mol. The molecule has 8 heteroatoms. The first-order chi connectivity index (χ1) is 25.5. The zero-order chi connectivity index (χ0) is 38.4. The molecule has 4 heterocycles. The van der Waals surface area contributed by atoms with Gasteiger partial charge in [0.2, 0.25) is 0 Å². The van der Waals surface area contributed by atoms with Crippen LogP contribution in [0.3, 0.4) is 0 Å². The lowest BCUT2D eigenvalue weighted by Crippen LogP contribution is -2.02. The van der Waals surface area contributed by atoms with Crippen molar-refractivity contribution >= 4 is 21.5 Å². The Morgan fingerprint density at radius 3 is 1.45 bits per heavy atom. The second kappa shape index (κ2) is 17.4. The van der Waals surface area contributed by atoms with Gasteiger partial charge in [0.15, 0.2) is 0 Å². The van der Waals surface area contributed by atoms with Crippen LogP contribution in [0.5, 0.6) is 11.5 Å². The van der Waals surface area contributed by atoms with Crippen LogP contribution in [0.2, 0.25) is 0 Å². The van der Waals surface area contributed by atoms with Crippen LogP contribution in [-0.4, -0.2) is 42.7 Å². The Morgan fingerprint density at radius 1 is 0.585 bits per heavy atom. The summed E-state index contributed by atoms with van der Waals surface area (Å²) in [5.74, 6) is 2.92. The number of nitrogens with zero attached hydrogens (tertiary/aromatic N) is 6. The summed E-state index contributed by atoms with van der Waals surface area (Å²) >= 11 is 0. The van der Waals surface area contributed by atoms with Gasteiger partial charge in [0.25, 0.3) is 0 Å². The molecule has 0 amide bonds. The molecule has 0 unspecified atom stereocenters. The molecule has 8 nitrogen and oxygen atoms in total. The van der Waals surface area contributed by atoms with Gasteiger partial charge in [0, 0.05) is 61.6 Å². The van der Waals surface area contributed by atoms with Crippen molar-refractivity contribution in [1.29, 1.82) is 0 Å². The normalized spacial score (nSPS) is 12.9. The van der Waals surface area contributed by atoms with Gasteiger partial charge in [0.05, 0.1) is 36.0 Å². The quantitative estimate of drug-likeness (QED) is 0.148. The molecular formula is C45H60N6O2. The lowest BCUT2D eigenvalue weighted by atomic mass is 9.98. The number of rotatable bonds is 9. The molecule has 1 aliphatic carbocycles. The van der Waals surface area contributed by atoms with E-state index >= 15 is 0 Å². The molecule has 53 heavy (non-hydrogen) atoms. The van der Waals surface area contributed by atoms with Crippen molar-refractivity contribution in [3.63, 3.8) is 0 Å². The Labute approximate surface area is 317 Å². The highest BCUT2D eigenvalue weighted by atomic mass is 16.5. The average molecular weight is 717 g/mol. The Hall–Kier alpha value is -4.72. The van der Waals surface area contributed by atoms with Crippen LogP contribution < -0.4 is 9.47 Å². The molecule has 2 aromatic carbocycles. The predicted octanol–water partition coefficient (Wildman–Crippen LogP) is 11.4. The van der Waals surface area contributed by atoms with Crippen LogP contribution in [0.15, 0.2) is 48.5 Å². The minimum absolute atomic E-state index is 0.550. The molecule has 6 aromatic rings.